The lowest BCUT2D eigenvalue weighted by Gasteiger charge is -2.11. The Hall–Kier alpha value is -5.42. The molecule has 0 saturated heterocycles. The number of nitrogens with zero attached hydrogens (tertiary/aromatic N) is 4. The van der Waals surface area contributed by atoms with Gasteiger partial charge < -0.3 is 4.74 Å². The van der Waals surface area contributed by atoms with E-state index in [0.717, 1.165) is 49.9 Å². The molecule has 0 aliphatic carbocycles. The van der Waals surface area contributed by atoms with Gasteiger partial charge in [0, 0.05) is 45.6 Å². The molecule has 4 aromatic carbocycles. The van der Waals surface area contributed by atoms with Crippen molar-refractivity contribution in [2.45, 2.75) is 0 Å². The maximum Gasteiger partial charge on any atom is 0.221 e. The van der Waals surface area contributed by atoms with Gasteiger partial charge in [-0.1, -0.05) is 60.7 Å². The van der Waals surface area contributed by atoms with E-state index in [1.807, 2.05) is 54.7 Å². The third-order valence-electron chi connectivity index (χ3n) is 7.24. The Morgan fingerprint density at radius 3 is 1.92 bits per heavy atom. The van der Waals surface area contributed by atoms with Crippen molar-refractivity contribution in [3.8, 4) is 23.0 Å². The number of hydrogen-bond donors (Lipinski definition) is 0. The van der Waals surface area contributed by atoms with Crippen LogP contribution in [-0.2, 0) is 0 Å². The number of ether oxygens (including phenoxy) is 1. The molecule has 0 aliphatic rings. The summed E-state index contributed by atoms with van der Waals surface area (Å²) in [6, 6.07) is 43.3. The topological polar surface area (TPSA) is 44.9 Å². The minimum Gasteiger partial charge on any atom is -0.439 e. The van der Waals surface area contributed by atoms with E-state index in [0.29, 0.717) is 11.6 Å². The molecule has 0 N–H and O–H groups in total. The Bertz CT molecular complexity index is 2100. The van der Waals surface area contributed by atoms with E-state index in [1.165, 1.54) is 5.39 Å². The van der Waals surface area contributed by atoms with Gasteiger partial charge in [0.15, 0.2) is 0 Å². The number of pyridine rings is 2. The van der Waals surface area contributed by atoms with Crippen molar-refractivity contribution in [2.24, 2.45) is 0 Å². The SMILES string of the molecule is c1ccc(-n2c3ccccc3c3ccc(Oc4cccc(-n5c6ccccc6c6cccnc65)c4)nc32)cc1. The van der Waals surface area contributed by atoms with E-state index < -0.39 is 0 Å². The smallest absolute Gasteiger partial charge is 0.221 e. The summed E-state index contributed by atoms with van der Waals surface area (Å²) in [5, 5.41) is 4.55. The summed E-state index contributed by atoms with van der Waals surface area (Å²) < 4.78 is 10.8. The van der Waals surface area contributed by atoms with Gasteiger partial charge in [-0.15, -0.1) is 0 Å². The summed E-state index contributed by atoms with van der Waals surface area (Å²) in [6.07, 6.45) is 1.84. The van der Waals surface area contributed by atoms with Crippen LogP contribution in [0.2, 0.25) is 0 Å². The van der Waals surface area contributed by atoms with Crippen LogP contribution < -0.4 is 4.74 Å². The molecule has 0 radical (unpaired) electrons. The predicted octanol–water partition coefficient (Wildman–Crippen LogP) is 8.46. The van der Waals surface area contributed by atoms with Crippen LogP contribution in [0.4, 0.5) is 0 Å². The third-order valence-corrected chi connectivity index (χ3v) is 7.24. The first-order valence-electron chi connectivity index (χ1n) is 12.9. The van der Waals surface area contributed by atoms with E-state index in [4.69, 9.17) is 14.7 Å². The first-order chi connectivity index (χ1) is 19.3. The molecule has 184 valence electrons. The van der Waals surface area contributed by atoms with Crippen LogP contribution in [0.5, 0.6) is 11.6 Å². The fourth-order valence-electron chi connectivity index (χ4n) is 5.58. The van der Waals surface area contributed by atoms with Crippen molar-refractivity contribution in [1.82, 2.24) is 19.1 Å². The number of fused-ring (bicyclic) bond motifs is 6. The average molecular weight is 503 g/mol. The fraction of sp³-hybridized carbons (Fsp3) is 0. The van der Waals surface area contributed by atoms with Gasteiger partial charge in [-0.05, 0) is 54.6 Å². The zero-order valence-corrected chi connectivity index (χ0v) is 20.9. The van der Waals surface area contributed by atoms with E-state index in [1.54, 1.807) is 0 Å². The summed E-state index contributed by atoms with van der Waals surface area (Å²) in [5.41, 5.74) is 6.05. The second kappa shape index (κ2) is 8.57. The summed E-state index contributed by atoms with van der Waals surface area (Å²) in [4.78, 5) is 9.71. The first kappa shape index (κ1) is 21.6. The van der Waals surface area contributed by atoms with Crippen molar-refractivity contribution >= 4 is 43.9 Å². The Morgan fingerprint density at radius 2 is 1.13 bits per heavy atom. The summed E-state index contributed by atoms with van der Waals surface area (Å²) in [5.74, 6) is 1.25. The molecule has 8 aromatic rings. The highest BCUT2D eigenvalue weighted by Crippen LogP contribution is 2.35. The predicted molar refractivity (Wildman–Crippen MR) is 157 cm³/mol. The Balaban J connectivity index is 1.25. The second-order valence-electron chi connectivity index (χ2n) is 9.54. The highest BCUT2D eigenvalue weighted by molar-refractivity contribution is 6.08. The van der Waals surface area contributed by atoms with E-state index in [2.05, 4.69) is 88.0 Å². The van der Waals surface area contributed by atoms with Crippen LogP contribution in [0.3, 0.4) is 0 Å². The standard InChI is InChI=1S/C34H22N4O/c1-2-10-23(11-3-1)37-30-17-6-5-15-27(30)29-19-20-32(36-34(29)37)39-25-13-8-12-24(22-25)38-31-18-7-4-14-26(31)28-16-9-21-35-33(28)38/h1-22H. The highest BCUT2D eigenvalue weighted by Gasteiger charge is 2.16. The summed E-state index contributed by atoms with van der Waals surface area (Å²) in [7, 11) is 0. The van der Waals surface area contributed by atoms with Crippen molar-refractivity contribution in [3.05, 3.63) is 134 Å². The average Bonchev–Trinajstić information content (AvgIpc) is 3.50. The maximum atomic E-state index is 6.38. The lowest BCUT2D eigenvalue weighted by atomic mass is 10.2. The molecule has 5 nitrogen and oxygen atoms in total. The van der Waals surface area contributed by atoms with Crippen LogP contribution in [0.25, 0.3) is 55.2 Å². The van der Waals surface area contributed by atoms with Gasteiger partial charge in [-0.25, -0.2) is 4.98 Å². The van der Waals surface area contributed by atoms with Gasteiger partial charge in [0.2, 0.25) is 5.88 Å². The number of hydrogen-bond acceptors (Lipinski definition) is 3. The zero-order valence-electron chi connectivity index (χ0n) is 20.9. The van der Waals surface area contributed by atoms with Gasteiger partial charge >= 0.3 is 0 Å². The first-order valence-corrected chi connectivity index (χ1v) is 12.9. The minimum atomic E-state index is 0.542. The molecular weight excluding hydrogens is 480 g/mol. The van der Waals surface area contributed by atoms with Gasteiger partial charge in [-0.2, -0.15) is 4.98 Å². The molecular formula is C34H22N4O. The van der Waals surface area contributed by atoms with Crippen LogP contribution in [0.1, 0.15) is 0 Å². The Kier molecular flexibility index (Phi) is 4.76. The molecule has 0 unspecified atom stereocenters. The van der Waals surface area contributed by atoms with Crippen LogP contribution in [-0.4, -0.2) is 19.1 Å². The van der Waals surface area contributed by atoms with E-state index in [9.17, 15) is 0 Å². The number of aromatic nitrogens is 4. The van der Waals surface area contributed by atoms with Gasteiger partial charge in [0.25, 0.3) is 0 Å². The van der Waals surface area contributed by atoms with Crippen LogP contribution in [0.15, 0.2) is 134 Å². The van der Waals surface area contributed by atoms with Crippen molar-refractivity contribution in [2.75, 3.05) is 0 Å². The van der Waals surface area contributed by atoms with Crippen molar-refractivity contribution in [1.29, 1.82) is 0 Å². The second-order valence-corrected chi connectivity index (χ2v) is 9.54. The normalized spacial score (nSPS) is 11.6. The Labute approximate surface area is 224 Å². The molecule has 0 aliphatic heterocycles. The van der Waals surface area contributed by atoms with Crippen LogP contribution in [0, 0.1) is 0 Å². The molecule has 4 heterocycles. The number of rotatable bonds is 4. The van der Waals surface area contributed by atoms with Gasteiger partial charge in [0.1, 0.15) is 17.0 Å². The number of para-hydroxylation sites is 3. The quantitative estimate of drug-likeness (QED) is 0.242. The molecule has 39 heavy (non-hydrogen) atoms. The molecule has 0 fully saturated rings. The fourth-order valence-corrected chi connectivity index (χ4v) is 5.58. The van der Waals surface area contributed by atoms with E-state index >= 15 is 0 Å². The summed E-state index contributed by atoms with van der Waals surface area (Å²) in [6.45, 7) is 0. The highest BCUT2D eigenvalue weighted by atomic mass is 16.5. The lowest BCUT2D eigenvalue weighted by molar-refractivity contribution is 0.464. The molecule has 0 spiro atoms. The minimum absolute atomic E-state index is 0.542. The molecule has 5 heteroatoms. The number of benzene rings is 4. The lowest BCUT2D eigenvalue weighted by Crippen LogP contribution is -1.97. The molecule has 4 aromatic heterocycles. The zero-order chi connectivity index (χ0) is 25.8. The van der Waals surface area contributed by atoms with Gasteiger partial charge in [0.05, 0.1) is 16.7 Å². The monoisotopic (exact) mass is 502 g/mol. The molecule has 0 atom stereocenters. The third kappa shape index (κ3) is 3.41. The largest absolute Gasteiger partial charge is 0.439 e. The van der Waals surface area contributed by atoms with E-state index in [-0.39, 0.29) is 0 Å². The van der Waals surface area contributed by atoms with Crippen LogP contribution >= 0.6 is 0 Å². The maximum absolute atomic E-state index is 6.38. The molecule has 0 bridgehead atoms. The van der Waals surface area contributed by atoms with Crippen molar-refractivity contribution < 1.29 is 4.74 Å². The molecule has 0 amide bonds. The van der Waals surface area contributed by atoms with Crippen molar-refractivity contribution in [3.63, 3.8) is 0 Å². The molecule has 0 saturated carbocycles. The Morgan fingerprint density at radius 1 is 0.487 bits per heavy atom. The summed E-state index contributed by atoms with van der Waals surface area (Å²) >= 11 is 0. The molecule has 8 rings (SSSR count). The van der Waals surface area contributed by atoms with Gasteiger partial charge in [-0.3, -0.25) is 9.13 Å².